The molecular weight excluding hydrogens is 376 g/mol. The van der Waals surface area contributed by atoms with Gasteiger partial charge in [0.15, 0.2) is 6.61 Å². The highest BCUT2D eigenvalue weighted by atomic mass is 16.5. The summed E-state index contributed by atoms with van der Waals surface area (Å²) in [7, 11) is 0. The molecule has 1 aliphatic heterocycles. The molecule has 1 aliphatic rings. The van der Waals surface area contributed by atoms with Crippen LogP contribution in [-0.2, 0) is 9.53 Å². The summed E-state index contributed by atoms with van der Waals surface area (Å²) in [4.78, 5) is 31.5. The smallest absolute Gasteiger partial charge is 0.340 e. The molecule has 5 nitrogen and oxygen atoms in total. The number of amides is 1. The number of nitrogens with zero attached hydrogens (tertiary/aromatic N) is 2. The average Bonchev–Trinajstić information content (AvgIpc) is 2.78. The Morgan fingerprint density at radius 1 is 1.03 bits per heavy atom. The largest absolute Gasteiger partial charge is 0.452 e. The SMILES string of the molecule is Cc1nc2ccccc2c(C)c1C(=O)OCC(=O)N1CC=C(c2ccccc2)CC1. The number of esters is 1. The Morgan fingerprint density at radius 3 is 2.50 bits per heavy atom. The predicted octanol–water partition coefficient (Wildman–Crippen LogP) is 4.32. The predicted molar refractivity (Wildman–Crippen MR) is 117 cm³/mol. The fourth-order valence-electron chi connectivity index (χ4n) is 3.93. The quantitative estimate of drug-likeness (QED) is 0.612. The van der Waals surface area contributed by atoms with Crippen molar-refractivity contribution in [1.82, 2.24) is 9.88 Å². The molecule has 0 atom stereocenters. The van der Waals surface area contributed by atoms with Crippen LogP contribution < -0.4 is 0 Å². The summed E-state index contributed by atoms with van der Waals surface area (Å²) < 4.78 is 5.37. The van der Waals surface area contributed by atoms with Crippen LogP contribution in [0.25, 0.3) is 16.5 Å². The van der Waals surface area contributed by atoms with Gasteiger partial charge in [0.2, 0.25) is 0 Å². The van der Waals surface area contributed by atoms with Gasteiger partial charge in [0, 0.05) is 18.5 Å². The van der Waals surface area contributed by atoms with Crippen molar-refractivity contribution in [3.8, 4) is 0 Å². The van der Waals surface area contributed by atoms with E-state index in [2.05, 4.69) is 23.2 Å². The van der Waals surface area contributed by atoms with E-state index < -0.39 is 5.97 Å². The van der Waals surface area contributed by atoms with Crippen LogP contribution in [0.3, 0.4) is 0 Å². The van der Waals surface area contributed by atoms with Crippen molar-refractivity contribution >= 4 is 28.4 Å². The summed E-state index contributed by atoms with van der Waals surface area (Å²) in [5.74, 6) is -0.690. The summed E-state index contributed by atoms with van der Waals surface area (Å²) in [6.07, 6.45) is 2.86. The number of para-hydroxylation sites is 1. The molecule has 0 radical (unpaired) electrons. The maximum absolute atomic E-state index is 12.7. The number of hydrogen-bond donors (Lipinski definition) is 0. The zero-order chi connectivity index (χ0) is 21.1. The van der Waals surface area contributed by atoms with Gasteiger partial charge in [-0.2, -0.15) is 0 Å². The monoisotopic (exact) mass is 400 g/mol. The summed E-state index contributed by atoms with van der Waals surface area (Å²) in [5.41, 5.74) is 5.14. The molecule has 0 saturated heterocycles. The molecule has 0 aliphatic carbocycles. The van der Waals surface area contributed by atoms with E-state index in [0.29, 0.717) is 24.3 Å². The second-order valence-electron chi connectivity index (χ2n) is 7.48. The number of aromatic nitrogens is 1. The molecule has 152 valence electrons. The summed E-state index contributed by atoms with van der Waals surface area (Å²) in [6.45, 7) is 4.55. The van der Waals surface area contributed by atoms with E-state index in [9.17, 15) is 9.59 Å². The Kier molecular flexibility index (Phi) is 5.61. The maximum atomic E-state index is 12.7. The van der Waals surface area contributed by atoms with E-state index in [4.69, 9.17) is 4.74 Å². The van der Waals surface area contributed by atoms with Gasteiger partial charge < -0.3 is 9.64 Å². The number of hydrogen-bond acceptors (Lipinski definition) is 4. The van der Waals surface area contributed by atoms with Gasteiger partial charge in [-0.15, -0.1) is 0 Å². The van der Waals surface area contributed by atoms with Crippen LogP contribution in [0, 0.1) is 13.8 Å². The van der Waals surface area contributed by atoms with Crippen LogP contribution in [0.4, 0.5) is 0 Å². The third kappa shape index (κ3) is 3.96. The molecule has 0 N–H and O–H groups in total. The van der Waals surface area contributed by atoms with Crippen molar-refractivity contribution in [2.45, 2.75) is 20.3 Å². The fourth-order valence-corrected chi connectivity index (χ4v) is 3.93. The first-order valence-electron chi connectivity index (χ1n) is 10.1. The van der Waals surface area contributed by atoms with Gasteiger partial charge >= 0.3 is 5.97 Å². The lowest BCUT2D eigenvalue weighted by atomic mass is 9.99. The molecule has 2 aromatic carbocycles. The van der Waals surface area contributed by atoms with Crippen molar-refractivity contribution in [2.24, 2.45) is 0 Å². The van der Waals surface area contributed by atoms with Crippen molar-refractivity contribution in [3.05, 3.63) is 83.1 Å². The summed E-state index contributed by atoms with van der Waals surface area (Å²) >= 11 is 0. The second-order valence-corrected chi connectivity index (χ2v) is 7.48. The van der Waals surface area contributed by atoms with Gasteiger partial charge in [-0.25, -0.2) is 4.79 Å². The minimum absolute atomic E-state index is 0.184. The third-order valence-corrected chi connectivity index (χ3v) is 5.57. The Morgan fingerprint density at radius 2 is 1.77 bits per heavy atom. The topological polar surface area (TPSA) is 59.5 Å². The van der Waals surface area contributed by atoms with Gasteiger partial charge in [0.1, 0.15) is 0 Å². The van der Waals surface area contributed by atoms with Gasteiger partial charge in [-0.3, -0.25) is 9.78 Å². The number of rotatable bonds is 4. The van der Waals surface area contributed by atoms with Crippen LogP contribution in [0.1, 0.15) is 33.6 Å². The van der Waals surface area contributed by atoms with E-state index >= 15 is 0 Å². The number of benzene rings is 2. The lowest BCUT2D eigenvalue weighted by Gasteiger charge is -2.26. The van der Waals surface area contributed by atoms with E-state index in [1.165, 1.54) is 11.1 Å². The number of carbonyl (C=O) groups excluding carboxylic acids is 2. The highest BCUT2D eigenvalue weighted by molar-refractivity contribution is 5.99. The molecule has 4 rings (SSSR count). The third-order valence-electron chi connectivity index (χ3n) is 5.57. The Balaban J connectivity index is 1.41. The minimum Gasteiger partial charge on any atom is -0.452 e. The van der Waals surface area contributed by atoms with E-state index in [-0.39, 0.29) is 12.5 Å². The van der Waals surface area contributed by atoms with Crippen LogP contribution in [0.15, 0.2) is 60.7 Å². The molecule has 0 unspecified atom stereocenters. The van der Waals surface area contributed by atoms with Crippen molar-refractivity contribution in [2.75, 3.05) is 19.7 Å². The Labute approximate surface area is 176 Å². The molecule has 5 heteroatoms. The lowest BCUT2D eigenvalue weighted by Crippen LogP contribution is -2.37. The van der Waals surface area contributed by atoms with E-state index in [1.807, 2.05) is 49.4 Å². The first-order valence-corrected chi connectivity index (χ1v) is 10.1. The number of aryl methyl sites for hydroxylation is 2. The number of fused-ring (bicyclic) bond motifs is 1. The first kappa shape index (κ1) is 19.8. The molecule has 0 saturated carbocycles. The highest BCUT2D eigenvalue weighted by Gasteiger charge is 2.22. The molecule has 0 bridgehead atoms. The van der Waals surface area contributed by atoms with Crippen molar-refractivity contribution < 1.29 is 14.3 Å². The second kappa shape index (κ2) is 8.49. The molecule has 2 heterocycles. The number of ether oxygens (including phenoxy) is 1. The first-order chi connectivity index (χ1) is 14.5. The molecule has 1 amide bonds. The molecule has 0 spiro atoms. The van der Waals surface area contributed by atoms with Gasteiger partial charge in [-0.1, -0.05) is 54.6 Å². The van der Waals surface area contributed by atoms with Gasteiger partial charge in [0.25, 0.3) is 5.91 Å². The Hall–Kier alpha value is -3.47. The zero-order valence-corrected chi connectivity index (χ0v) is 17.2. The molecule has 3 aromatic rings. The number of carbonyl (C=O) groups is 2. The molecule has 1 aromatic heterocycles. The van der Waals surface area contributed by atoms with Crippen LogP contribution in [-0.4, -0.2) is 41.5 Å². The highest BCUT2D eigenvalue weighted by Crippen LogP contribution is 2.24. The van der Waals surface area contributed by atoms with E-state index in [1.54, 1.807) is 11.8 Å². The van der Waals surface area contributed by atoms with Crippen molar-refractivity contribution in [1.29, 1.82) is 0 Å². The summed E-state index contributed by atoms with van der Waals surface area (Å²) in [6, 6.07) is 17.9. The molecule has 30 heavy (non-hydrogen) atoms. The van der Waals surface area contributed by atoms with Crippen LogP contribution >= 0.6 is 0 Å². The van der Waals surface area contributed by atoms with Crippen LogP contribution in [0.2, 0.25) is 0 Å². The Bertz CT molecular complexity index is 1140. The van der Waals surface area contributed by atoms with Crippen LogP contribution in [0.5, 0.6) is 0 Å². The molecule has 0 fully saturated rings. The van der Waals surface area contributed by atoms with Crippen molar-refractivity contribution in [3.63, 3.8) is 0 Å². The standard InChI is InChI=1S/C25H24N2O3/c1-17-21-10-6-7-11-22(21)26-18(2)24(17)25(29)30-16-23(28)27-14-12-20(13-15-27)19-8-4-3-5-9-19/h3-12H,13-16H2,1-2H3. The average molecular weight is 400 g/mol. The maximum Gasteiger partial charge on any atom is 0.340 e. The normalized spacial score (nSPS) is 13.8. The molecular formula is C25H24N2O3. The van der Waals surface area contributed by atoms with Gasteiger partial charge in [-0.05, 0) is 43.0 Å². The van der Waals surface area contributed by atoms with Gasteiger partial charge in [0.05, 0.1) is 16.8 Å². The van der Waals surface area contributed by atoms with E-state index in [0.717, 1.165) is 22.9 Å². The zero-order valence-electron chi connectivity index (χ0n) is 17.2. The number of pyridine rings is 1. The minimum atomic E-state index is -0.505. The fraction of sp³-hybridized carbons (Fsp3) is 0.240. The summed E-state index contributed by atoms with van der Waals surface area (Å²) in [5, 5.41) is 0.913. The lowest BCUT2D eigenvalue weighted by molar-refractivity contribution is -0.134.